The molecule has 158 valence electrons. The van der Waals surface area contributed by atoms with Crippen LogP contribution in [0.5, 0.6) is 0 Å². The number of benzene rings is 1. The fraction of sp³-hybridized carbons (Fsp3) is 0.167. The van der Waals surface area contributed by atoms with Gasteiger partial charge in [-0.1, -0.05) is 0 Å². The van der Waals surface area contributed by atoms with Crippen LogP contribution in [0.25, 0.3) is 28.6 Å². The van der Waals surface area contributed by atoms with E-state index in [2.05, 4.69) is 22.1 Å². The summed E-state index contributed by atoms with van der Waals surface area (Å²) in [5.41, 5.74) is 5.25. The van der Waals surface area contributed by atoms with Crippen LogP contribution in [0.2, 0.25) is 0 Å². The van der Waals surface area contributed by atoms with Crippen LogP contribution < -0.4 is 0 Å². The van der Waals surface area contributed by atoms with E-state index in [0.29, 0.717) is 39.6 Å². The summed E-state index contributed by atoms with van der Waals surface area (Å²) in [6.07, 6.45) is 1.71. The van der Waals surface area contributed by atoms with Crippen molar-refractivity contribution in [1.29, 1.82) is 10.5 Å². The minimum atomic E-state index is -1.04. The fourth-order valence-electron chi connectivity index (χ4n) is 3.72. The molecule has 3 aromatic heterocycles. The molecule has 0 amide bonds. The molecule has 1 aromatic carbocycles. The first-order valence-electron chi connectivity index (χ1n) is 9.79. The highest BCUT2D eigenvalue weighted by atomic mass is 16.4. The number of rotatable bonds is 4. The summed E-state index contributed by atoms with van der Waals surface area (Å²) in [5, 5.41) is 28.5. The number of aromatic amines is 1. The van der Waals surface area contributed by atoms with Gasteiger partial charge in [-0.3, -0.25) is 4.57 Å². The number of carbonyl (C=O) groups is 1. The molecule has 0 bridgehead atoms. The predicted octanol–water partition coefficient (Wildman–Crippen LogP) is 4.81. The molecule has 2 N–H and O–H groups in total. The van der Waals surface area contributed by atoms with E-state index in [-0.39, 0.29) is 5.56 Å². The zero-order valence-electron chi connectivity index (χ0n) is 17.9. The molecule has 0 atom stereocenters. The lowest BCUT2D eigenvalue weighted by molar-refractivity contribution is 0.0697. The number of furan rings is 1. The zero-order valence-corrected chi connectivity index (χ0v) is 17.9. The van der Waals surface area contributed by atoms with Crippen LogP contribution >= 0.6 is 0 Å². The molecule has 0 saturated carbocycles. The molecular formula is C24H19N5O3. The number of fused-ring (bicyclic) bond motifs is 1. The maximum Gasteiger partial charge on any atom is 0.335 e. The highest BCUT2D eigenvalue weighted by Gasteiger charge is 2.20. The molecule has 0 radical (unpaired) electrons. The normalized spacial score (nSPS) is 11.5. The number of carboxylic acid groups (broad SMARTS) is 1. The Kier molecular flexibility index (Phi) is 4.92. The van der Waals surface area contributed by atoms with Gasteiger partial charge >= 0.3 is 5.97 Å². The molecule has 0 fully saturated rings. The number of nitriles is 2. The number of imidazole rings is 1. The quantitative estimate of drug-likeness (QED) is 0.451. The molecule has 4 aromatic rings. The first-order chi connectivity index (χ1) is 15.2. The maximum absolute atomic E-state index is 11.2. The van der Waals surface area contributed by atoms with Gasteiger partial charge in [0.05, 0.1) is 22.2 Å². The molecule has 0 unspecified atom stereocenters. The van der Waals surface area contributed by atoms with Gasteiger partial charge < -0.3 is 14.5 Å². The highest BCUT2D eigenvalue weighted by molar-refractivity contribution is 5.94. The second-order valence-electron chi connectivity index (χ2n) is 7.53. The summed E-state index contributed by atoms with van der Waals surface area (Å²) < 4.78 is 7.73. The van der Waals surface area contributed by atoms with E-state index < -0.39 is 5.97 Å². The van der Waals surface area contributed by atoms with Gasteiger partial charge in [0.25, 0.3) is 0 Å². The average molecular weight is 425 g/mol. The van der Waals surface area contributed by atoms with Crippen molar-refractivity contribution in [2.45, 2.75) is 27.7 Å². The van der Waals surface area contributed by atoms with Crippen LogP contribution in [0.3, 0.4) is 0 Å². The Labute approximate surface area is 183 Å². The molecule has 0 aliphatic heterocycles. The number of hydrogen-bond acceptors (Lipinski definition) is 5. The van der Waals surface area contributed by atoms with Crippen LogP contribution in [0.4, 0.5) is 0 Å². The second kappa shape index (κ2) is 7.60. The van der Waals surface area contributed by atoms with E-state index in [9.17, 15) is 20.4 Å². The van der Waals surface area contributed by atoms with Gasteiger partial charge in [-0.25, -0.2) is 9.78 Å². The molecule has 3 heterocycles. The Bertz CT molecular complexity index is 1520. The molecule has 0 saturated heterocycles. The molecule has 32 heavy (non-hydrogen) atoms. The molecule has 8 heteroatoms. The van der Waals surface area contributed by atoms with Crippen molar-refractivity contribution in [2.24, 2.45) is 0 Å². The van der Waals surface area contributed by atoms with E-state index in [0.717, 1.165) is 22.5 Å². The summed E-state index contributed by atoms with van der Waals surface area (Å²) in [4.78, 5) is 18.7. The third kappa shape index (κ3) is 3.24. The average Bonchev–Trinajstić information content (AvgIpc) is 3.39. The maximum atomic E-state index is 11.2. The van der Waals surface area contributed by atoms with Crippen molar-refractivity contribution in [3.05, 3.63) is 69.5 Å². The molecule has 0 aliphatic carbocycles. The summed E-state index contributed by atoms with van der Waals surface area (Å²) in [7, 11) is 0. The van der Waals surface area contributed by atoms with E-state index in [4.69, 9.17) is 4.42 Å². The Morgan fingerprint density at radius 2 is 1.97 bits per heavy atom. The molecule has 0 spiro atoms. The number of H-pyrrole nitrogens is 1. The van der Waals surface area contributed by atoms with Crippen molar-refractivity contribution >= 4 is 28.7 Å². The van der Waals surface area contributed by atoms with Crippen molar-refractivity contribution in [2.75, 3.05) is 0 Å². The van der Waals surface area contributed by atoms with Gasteiger partial charge in [0, 0.05) is 17.0 Å². The van der Waals surface area contributed by atoms with Crippen LogP contribution in [0, 0.1) is 50.4 Å². The number of aryl methyl sites for hydroxylation is 2. The predicted molar refractivity (Wildman–Crippen MR) is 118 cm³/mol. The lowest BCUT2D eigenvalue weighted by Crippen LogP contribution is -2.00. The summed E-state index contributed by atoms with van der Waals surface area (Å²) >= 11 is 0. The SMILES string of the molecule is Cc1oc(-n2c(C)cc(/C=C(\C#N)c3nc4ccc(C(=O)O)cc4[nH]3)c2C)c(C#N)c1C. The fourth-order valence-corrected chi connectivity index (χ4v) is 3.72. The summed E-state index contributed by atoms with van der Waals surface area (Å²) in [6, 6.07) is 10.8. The largest absolute Gasteiger partial charge is 0.478 e. The Balaban J connectivity index is 1.82. The number of hydrogen-bond donors (Lipinski definition) is 2. The van der Waals surface area contributed by atoms with Crippen molar-refractivity contribution in [3.63, 3.8) is 0 Å². The van der Waals surface area contributed by atoms with E-state index in [1.54, 1.807) is 12.1 Å². The number of allylic oxidation sites excluding steroid dienone is 1. The molecule has 0 aliphatic rings. The summed E-state index contributed by atoms with van der Waals surface area (Å²) in [5.74, 6) is 0.450. The minimum absolute atomic E-state index is 0.135. The Hall–Kier alpha value is -4.56. The molecular weight excluding hydrogens is 406 g/mol. The van der Waals surface area contributed by atoms with Gasteiger partial charge in [-0.2, -0.15) is 10.5 Å². The Morgan fingerprint density at radius 3 is 2.62 bits per heavy atom. The monoisotopic (exact) mass is 425 g/mol. The highest BCUT2D eigenvalue weighted by Crippen LogP contribution is 2.30. The number of nitrogens with zero attached hydrogens (tertiary/aromatic N) is 4. The van der Waals surface area contributed by atoms with Crippen LogP contribution in [0.15, 0.2) is 28.7 Å². The number of aromatic nitrogens is 3. The minimum Gasteiger partial charge on any atom is -0.478 e. The smallest absolute Gasteiger partial charge is 0.335 e. The molecule has 4 rings (SSSR count). The number of aromatic carboxylic acids is 1. The van der Waals surface area contributed by atoms with Crippen LogP contribution in [-0.2, 0) is 0 Å². The van der Waals surface area contributed by atoms with Gasteiger partial charge in [0.2, 0.25) is 5.88 Å². The van der Waals surface area contributed by atoms with Gasteiger partial charge in [0.15, 0.2) is 0 Å². The number of nitrogens with one attached hydrogen (secondary N) is 1. The zero-order chi connectivity index (χ0) is 23.2. The third-order valence-corrected chi connectivity index (χ3v) is 5.56. The standard InChI is InChI=1S/C24H19N5O3/c1-12-7-17(14(3)29(12)23-19(11-26)13(2)15(4)32-23)8-18(10-25)22-27-20-6-5-16(24(30)31)9-21(20)28-22/h5-9H,1-4H3,(H,27,28)(H,30,31)/b18-8+. The lowest BCUT2D eigenvalue weighted by atomic mass is 10.1. The topological polar surface area (TPSA) is 132 Å². The van der Waals surface area contributed by atoms with E-state index in [1.807, 2.05) is 38.3 Å². The van der Waals surface area contributed by atoms with E-state index in [1.165, 1.54) is 12.1 Å². The Morgan fingerprint density at radius 1 is 1.22 bits per heavy atom. The van der Waals surface area contributed by atoms with Crippen molar-refractivity contribution < 1.29 is 14.3 Å². The first kappa shape index (κ1) is 20.7. The van der Waals surface area contributed by atoms with Gasteiger partial charge in [0.1, 0.15) is 29.3 Å². The molecule has 8 nitrogen and oxygen atoms in total. The third-order valence-electron chi connectivity index (χ3n) is 5.56. The van der Waals surface area contributed by atoms with Gasteiger partial charge in [-0.05, 0) is 63.6 Å². The second-order valence-corrected chi connectivity index (χ2v) is 7.53. The van der Waals surface area contributed by atoms with Gasteiger partial charge in [-0.15, -0.1) is 0 Å². The van der Waals surface area contributed by atoms with Crippen LogP contribution in [0.1, 0.15) is 50.0 Å². The van der Waals surface area contributed by atoms with E-state index >= 15 is 0 Å². The van der Waals surface area contributed by atoms with Crippen LogP contribution in [-0.4, -0.2) is 25.6 Å². The van der Waals surface area contributed by atoms with Crippen molar-refractivity contribution in [1.82, 2.24) is 14.5 Å². The summed E-state index contributed by atoms with van der Waals surface area (Å²) in [6.45, 7) is 7.46. The van der Waals surface area contributed by atoms with Crippen molar-refractivity contribution in [3.8, 4) is 18.0 Å². The lowest BCUT2D eigenvalue weighted by Gasteiger charge is -2.06. The number of carboxylic acids is 1. The first-order valence-corrected chi connectivity index (χ1v) is 9.79.